The van der Waals surface area contributed by atoms with Crippen molar-refractivity contribution in [1.29, 1.82) is 0 Å². The summed E-state index contributed by atoms with van der Waals surface area (Å²) >= 11 is 0. The first-order valence-corrected chi connectivity index (χ1v) is 10.6. The summed E-state index contributed by atoms with van der Waals surface area (Å²) in [4.78, 5) is 12.5. The maximum atomic E-state index is 13.3. The molecule has 0 saturated heterocycles. The van der Waals surface area contributed by atoms with Crippen molar-refractivity contribution in [3.8, 4) is 5.75 Å². The first kappa shape index (κ1) is 22.0. The van der Waals surface area contributed by atoms with Crippen LogP contribution in [-0.4, -0.2) is 34.2 Å². The summed E-state index contributed by atoms with van der Waals surface area (Å²) in [6, 6.07) is 19.6. The minimum Gasteiger partial charge on any atom is -0.496 e. The predicted octanol–water partition coefficient (Wildman–Crippen LogP) is 3.18. The molecule has 0 aliphatic carbocycles. The van der Waals surface area contributed by atoms with Crippen LogP contribution in [0, 0.1) is 5.82 Å². The van der Waals surface area contributed by atoms with Gasteiger partial charge in [0.05, 0.1) is 23.9 Å². The molecule has 0 aliphatic heterocycles. The number of methoxy groups -OCH3 is 1. The third kappa shape index (κ3) is 5.46. The molecule has 0 heterocycles. The van der Waals surface area contributed by atoms with E-state index in [1.807, 2.05) is 0 Å². The Morgan fingerprint density at radius 2 is 1.68 bits per heavy atom. The molecule has 3 aromatic carbocycles. The van der Waals surface area contributed by atoms with Crippen molar-refractivity contribution in [2.24, 2.45) is 5.10 Å². The van der Waals surface area contributed by atoms with E-state index >= 15 is 0 Å². The van der Waals surface area contributed by atoms with Gasteiger partial charge in [0.1, 0.15) is 18.1 Å². The van der Waals surface area contributed by atoms with Crippen molar-refractivity contribution in [2.75, 3.05) is 18.0 Å². The number of amides is 1. The minimum absolute atomic E-state index is 0.00430. The second-order valence-corrected chi connectivity index (χ2v) is 8.20. The molecule has 3 rings (SSSR count). The number of ether oxygens (including phenoxy) is 1. The topological polar surface area (TPSA) is 88.1 Å². The van der Waals surface area contributed by atoms with Gasteiger partial charge in [-0.2, -0.15) is 5.10 Å². The minimum atomic E-state index is -4.07. The van der Waals surface area contributed by atoms with Crippen molar-refractivity contribution in [2.45, 2.75) is 4.90 Å². The van der Waals surface area contributed by atoms with Crippen molar-refractivity contribution in [3.05, 3.63) is 90.2 Å². The van der Waals surface area contributed by atoms with Crippen molar-refractivity contribution in [1.82, 2.24) is 5.43 Å². The molecule has 1 amide bonds. The molecule has 0 saturated carbocycles. The Bertz CT molecular complexity index is 1170. The molecule has 160 valence electrons. The number of hydrazone groups is 1. The van der Waals surface area contributed by atoms with Crippen molar-refractivity contribution >= 4 is 27.8 Å². The number of hydrogen-bond acceptors (Lipinski definition) is 5. The average Bonchev–Trinajstić information content (AvgIpc) is 2.79. The number of hydrogen-bond donors (Lipinski definition) is 1. The summed E-state index contributed by atoms with van der Waals surface area (Å²) < 4.78 is 45.7. The Hall–Kier alpha value is -3.72. The fourth-order valence-corrected chi connectivity index (χ4v) is 4.20. The fourth-order valence-electron chi connectivity index (χ4n) is 2.75. The van der Waals surface area contributed by atoms with Gasteiger partial charge in [-0.25, -0.2) is 18.2 Å². The summed E-state index contributed by atoms with van der Waals surface area (Å²) in [7, 11) is -2.56. The van der Waals surface area contributed by atoms with E-state index in [0.717, 1.165) is 16.4 Å². The SMILES string of the molecule is COc1ccccc1/C=N\NC(=O)CN(c1ccc(F)cc1)S(=O)(=O)c1ccccc1. The Kier molecular flexibility index (Phi) is 6.99. The average molecular weight is 441 g/mol. The highest BCUT2D eigenvalue weighted by atomic mass is 32.2. The van der Waals surface area contributed by atoms with Crippen LogP contribution in [0.4, 0.5) is 10.1 Å². The molecule has 3 aromatic rings. The maximum Gasteiger partial charge on any atom is 0.264 e. The number of benzene rings is 3. The molecule has 7 nitrogen and oxygen atoms in total. The summed E-state index contributed by atoms with van der Waals surface area (Å²) in [6.45, 7) is -0.549. The zero-order valence-electron chi connectivity index (χ0n) is 16.6. The third-order valence-electron chi connectivity index (χ3n) is 4.26. The molecule has 0 bridgehead atoms. The van der Waals surface area contributed by atoms with Crippen LogP contribution < -0.4 is 14.5 Å². The van der Waals surface area contributed by atoms with Gasteiger partial charge in [-0.3, -0.25) is 9.10 Å². The predicted molar refractivity (Wildman–Crippen MR) is 116 cm³/mol. The second kappa shape index (κ2) is 9.86. The Morgan fingerprint density at radius 3 is 2.35 bits per heavy atom. The summed E-state index contributed by atoms with van der Waals surface area (Å²) in [5.41, 5.74) is 3.10. The van der Waals surface area contributed by atoms with Gasteiger partial charge in [0, 0.05) is 5.56 Å². The van der Waals surface area contributed by atoms with E-state index in [4.69, 9.17) is 4.74 Å². The number of anilines is 1. The monoisotopic (exact) mass is 441 g/mol. The molecular formula is C22H20FN3O4S. The second-order valence-electron chi connectivity index (χ2n) is 6.34. The van der Waals surface area contributed by atoms with Crippen LogP contribution >= 0.6 is 0 Å². The number of carbonyl (C=O) groups is 1. The van der Waals surface area contributed by atoms with Crippen molar-refractivity contribution in [3.63, 3.8) is 0 Å². The van der Waals surface area contributed by atoms with Gasteiger partial charge >= 0.3 is 0 Å². The summed E-state index contributed by atoms with van der Waals surface area (Å²) in [5.74, 6) is -0.623. The van der Waals surface area contributed by atoms with Gasteiger partial charge in [-0.05, 0) is 48.5 Å². The van der Waals surface area contributed by atoms with Gasteiger partial charge in [0.25, 0.3) is 15.9 Å². The van der Waals surface area contributed by atoms with E-state index in [2.05, 4.69) is 10.5 Å². The van der Waals surface area contributed by atoms with E-state index in [0.29, 0.717) is 11.3 Å². The molecule has 0 spiro atoms. The van der Waals surface area contributed by atoms with Crippen LogP contribution in [0.5, 0.6) is 5.75 Å². The lowest BCUT2D eigenvalue weighted by Crippen LogP contribution is -2.39. The maximum absolute atomic E-state index is 13.3. The van der Waals surface area contributed by atoms with Gasteiger partial charge in [-0.1, -0.05) is 30.3 Å². The van der Waals surface area contributed by atoms with E-state index in [1.165, 1.54) is 37.6 Å². The van der Waals surface area contributed by atoms with Crippen LogP contribution in [0.25, 0.3) is 0 Å². The quantitative estimate of drug-likeness (QED) is 0.430. The third-order valence-corrected chi connectivity index (χ3v) is 6.05. The molecular weight excluding hydrogens is 421 g/mol. The molecule has 0 fully saturated rings. The lowest BCUT2D eigenvalue weighted by molar-refractivity contribution is -0.119. The number of nitrogens with zero attached hydrogens (tertiary/aromatic N) is 2. The van der Waals surface area contributed by atoms with E-state index < -0.39 is 28.3 Å². The Morgan fingerprint density at radius 1 is 1.03 bits per heavy atom. The highest BCUT2D eigenvalue weighted by Gasteiger charge is 2.27. The van der Waals surface area contributed by atoms with Crippen molar-refractivity contribution < 1.29 is 22.3 Å². The van der Waals surface area contributed by atoms with Crippen LogP contribution in [0.3, 0.4) is 0 Å². The Labute approximate surface area is 179 Å². The van der Waals surface area contributed by atoms with Crippen LogP contribution in [0.1, 0.15) is 5.56 Å². The van der Waals surface area contributed by atoms with Gasteiger partial charge in [0.15, 0.2) is 0 Å². The number of sulfonamides is 1. The number of nitrogens with one attached hydrogen (secondary N) is 1. The molecule has 0 unspecified atom stereocenters. The number of para-hydroxylation sites is 1. The Balaban J connectivity index is 1.82. The van der Waals surface area contributed by atoms with Crippen LogP contribution in [0.15, 0.2) is 88.9 Å². The highest BCUT2D eigenvalue weighted by Crippen LogP contribution is 2.23. The molecule has 0 atom stereocenters. The van der Waals surface area contributed by atoms with Gasteiger partial charge in [-0.15, -0.1) is 0 Å². The zero-order valence-corrected chi connectivity index (χ0v) is 17.4. The molecule has 0 aromatic heterocycles. The van der Waals surface area contributed by atoms with E-state index in [9.17, 15) is 17.6 Å². The van der Waals surface area contributed by atoms with E-state index in [1.54, 1.807) is 42.5 Å². The van der Waals surface area contributed by atoms with E-state index in [-0.39, 0.29) is 10.6 Å². The highest BCUT2D eigenvalue weighted by molar-refractivity contribution is 7.92. The molecule has 31 heavy (non-hydrogen) atoms. The molecule has 1 N–H and O–H groups in total. The summed E-state index contributed by atoms with van der Waals surface area (Å²) in [6.07, 6.45) is 1.39. The number of carbonyl (C=O) groups excluding carboxylic acids is 1. The van der Waals surface area contributed by atoms with Crippen LogP contribution in [0.2, 0.25) is 0 Å². The lowest BCUT2D eigenvalue weighted by Gasteiger charge is -2.23. The fraction of sp³-hybridized carbons (Fsp3) is 0.0909. The normalized spacial score (nSPS) is 11.3. The lowest BCUT2D eigenvalue weighted by atomic mass is 10.2. The largest absolute Gasteiger partial charge is 0.496 e. The van der Waals surface area contributed by atoms with Gasteiger partial charge < -0.3 is 4.74 Å². The summed E-state index contributed by atoms with van der Waals surface area (Å²) in [5, 5.41) is 3.88. The van der Waals surface area contributed by atoms with Crippen LogP contribution in [-0.2, 0) is 14.8 Å². The number of rotatable bonds is 8. The number of halogens is 1. The zero-order chi connectivity index (χ0) is 22.3. The standard InChI is InChI=1S/C22H20FN3O4S/c1-30-21-10-6-5-7-17(21)15-24-25-22(27)16-26(19-13-11-18(23)12-14-19)31(28,29)20-8-3-2-4-9-20/h2-15H,16H2,1H3,(H,25,27)/b24-15-. The molecule has 0 aliphatic rings. The first-order chi connectivity index (χ1) is 14.9. The molecule has 0 radical (unpaired) electrons. The van der Waals surface area contributed by atoms with Gasteiger partial charge in [0.2, 0.25) is 0 Å². The first-order valence-electron chi connectivity index (χ1n) is 9.20. The molecule has 9 heteroatoms. The smallest absolute Gasteiger partial charge is 0.264 e.